The van der Waals surface area contributed by atoms with Gasteiger partial charge in [-0.05, 0) is 108 Å². The summed E-state index contributed by atoms with van der Waals surface area (Å²) in [6, 6.07) is 27.5. The van der Waals surface area contributed by atoms with Crippen LogP contribution in [0.15, 0.2) is 109 Å². The Morgan fingerprint density at radius 1 is 0.697 bits per heavy atom. The Morgan fingerprint density at radius 3 is 2.00 bits per heavy atom. The number of imide groups is 2. The molecule has 0 radical (unpaired) electrons. The van der Waals surface area contributed by atoms with Crippen LogP contribution >= 0.6 is 23.2 Å². The van der Waals surface area contributed by atoms with Crippen LogP contribution in [0.25, 0.3) is 12.2 Å². The predicted octanol–water partition coefficient (Wildman–Crippen LogP) is 9.10. The van der Waals surface area contributed by atoms with Crippen LogP contribution in [0.2, 0.25) is 10.0 Å². The van der Waals surface area contributed by atoms with E-state index in [0.29, 0.717) is 44.7 Å². The zero-order valence-corrected chi connectivity index (χ0v) is 38.1. The molecular formula is C51H45Cl2N3O10. The van der Waals surface area contributed by atoms with E-state index >= 15 is 14.4 Å². The largest absolute Gasteiger partial charge is 0.502 e. The van der Waals surface area contributed by atoms with E-state index in [1.807, 2.05) is 48.6 Å². The fourth-order valence-electron chi connectivity index (χ4n) is 10.4. The average molecular weight is 931 g/mol. The maximum atomic E-state index is 15.7. The minimum atomic E-state index is -1.65. The summed E-state index contributed by atoms with van der Waals surface area (Å²) in [5.74, 6) is -4.45. The second-order valence-corrected chi connectivity index (χ2v) is 17.4. The number of fused-ring (bicyclic) bond motifs is 4. The zero-order valence-electron chi connectivity index (χ0n) is 36.5. The van der Waals surface area contributed by atoms with E-state index < -0.39 is 52.7 Å². The Balaban J connectivity index is 1.15. The number of nitrogens with one attached hydrogen (secondary N) is 1. The summed E-state index contributed by atoms with van der Waals surface area (Å²) >= 11 is 12.8. The molecule has 4 amide bonds. The van der Waals surface area contributed by atoms with Crippen LogP contribution in [0.5, 0.6) is 34.5 Å². The smallest absolute Gasteiger partial charge is 0.260 e. The molecule has 2 aliphatic carbocycles. The number of rotatable bonds is 12. The van der Waals surface area contributed by atoms with Gasteiger partial charge in [0.1, 0.15) is 17.2 Å². The number of amides is 4. The van der Waals surface area contributed by atoms with Crippen LogP contribution in [0.3, 0.4) is 0 Å². The number of phenols is 1. The van der Waals surface area contributed by atoms with E-state index in [0.717, 1.165) is 16.1 Å². The monoisotopic (exact) mass is 929 g/mol. The molecule has 2 saturated heterocycles. The topological polar surface area (TPSA) is 153 Å². The van der Waals surface area contributed by atoms with Crippen molar-refractivity contribution < 1.29 is 48.0 Å². The number of anilines is 2. The lowest BCUT2D eigenvalue weighted by Gasteiger charge is -2.50. The fraction of sp³-hybridized carbons (Fsp3) is 0.255. The van der Waals surface area contributed by atoms with Gasteiger partial charge in [-0.3, -0.25) is 29.5 Å². The maximum Gasteiger partial charge on any atom is 0.260 e. The molecule has 0 aromatic heterocycles. The number of carbonyl (C=O) groups excluding carboxylic acids is 4. The number of hydrogen-bond donors (Lipinski definition) is 2. The van der Waals surface area contributed by atoms with E-state index in [9.17, 15) is 9.90 Å². The van der Waals surface area contributed by atoms with Crippen LogP contribution < -0.4 is 34.0 Å². The summed E-state index contributed by atoms with van der Waals surface area (Å²) in [7, 11) is 7.52. The van der Waals surface area contributed by atoms with Gasteiger partial charge >= 0.3 is 0 Å². The highest BCUT2D eigenvalue weighted by molar-refractivity contribution is 6.36. The van der Waals surface area contributed by atoms with Gasteiger partial charge in [-0.2, -0.15) is 5.01 Å². The molecule has 3 fully saturated rings. The van der Waals surface area contributed by atoms with E-state index in [2.05, 4.69) is 5.43 Å². The molecule has 5 aromatic carbocycles. The molecule has 0 spiro atoms. The summed E-state index contributed by atoms with van der Waals surface area (Å²) in [4.78, 5) is 61.7. The number of halogens is 2. The van der Waals surface area contributed by atoms with Gasteiger partial charge in [0, 0.05) is 16.5 Å². The minimum Gasteiger partial charge on any atom is -0.502 e. The molecule has 6 unspecified atom stereocenters. The van der Waals surface area contributed by atoms with Crippen molar-refractivity contribution in [3.05, 3.63) is 141 Å². The van der Waals surface area contributed by atoms with Crippen molar-refractivity contribution >= 4 is 70.4 Å². The van der Waals surface area contributed by atoms with Gasteiger partial charge in [0.2, 0.25) is 17.6 Å². The first-order valence-corrected chi connectivity index (χ1v) is 21.9. The Labute approximate surface area is 391 Å². The average Bonchev–Trinajstić information content (AvgIpc) is 3.72. The number of carbonyl (C=O) groups is 4. The van der Waals surface area contributed by atoms with Gasteiger partial charge in [0.05, 0.1) is 75.1 Å². The molecular weight excluding hydrogens is 885 g/mol. The predicted molar refractivity (Wildman–Crippen MR) is 249 cm³/mol. The molecule has 2 heterocycles. The SMILES string of the molecule is COc1ccc(C23C(=O)N(Nc4ccc(Cl)cc4Cl)C(=O)C2CC2C(=CCC4C(=O)N(c5ccc(C=Cc6cc(OC)ccc6OC)cc5)C(=O)C42)C3c2cc(OC)c(O)c(OC)c2)cc1. The highest BCUT2D eigenvalue weighted by Crippen LogP contribution is 2.65. The molecule has 2 N–H and O–H groups in total. The Bertz CT molecular complexity index is 2820. The highest BCUT2D eigenvalue weighted by Gasteiger charge is 2.70. The summed E-state index contributed by atoms with van der Waals surface area (Å²) in [6.45, 7) is 0. The van der Waals surface area contributed by atoms with Crippen molar-refractivity contribution in [1.82, 2.24) is 5.01 Å². The Hall–Kier alpha value is -6.96. The van der Waals surface area contributed by atoms with Gasteiger partial charge in [0.15, 0.2) is 11.5 Å². The lowest BCUT2D eigenvalue weighted by molar-refractivity contribution is -0.138. The number of aromatic hydroxyl groups is 1. The summed E-state index contributed by atoms with van der Waals surface area (Å²) in [5.41, 5.74) is 5.33. The number of ether oxygens (including phenoxy) is 5. The second-order valence-electron chi connectivity index (χ2n) is 16.5. The lowest BCUT2D eigenvalue weighted by atomic mass is 9.49. The number of benzene rings is 5. The van der Waals surface area contributed by atoms with Gasteiger partial charge < -0.3 is 28.8 Å². The Kier molecular flexibility index (Phi) is 11.7. The molecule has 5 aromatic rings. The normalized spacial score (nSPS) is 23.3. The third-order valence-electron chi connectivity index (χ3n) is 13.5. The summed E-state index contributed by atoms with van der Waals surface area (Å²) in [5, 5.41) is 12.7. The first-order valence-electron chi connectivity index (χ1n) is 21.2. The van der Waals surface area contributed by atoms with E-state index in [1.165, 1.54) is 32.3 Å². The fourth-order valence-corrected chi connectivity index (χ4v) is 10.9. The van der Waals surface area contributed by atoms with E-state index in [-0.39, 0.29) is 46.7 Å². The van der Waals surface area contributed by atoms with Crippen LogP contribution in [0, 0.1) is 23.7 Å². The highest BCUT2D eigenvalue weighted by atomic mass is 35.5. The molecule has 1 saturated carbocycles. The Morgan fingerprint density at radius 2 is 1.36 bits per heavy atom. The second kappa shape index (κ2) is 17.4. The van der Waals surface area contributed by atoms with Crippen molar-refractivity contribution in [1.29, 1.82) is 0 Å². The first kappa shape index (κ1) is 44.3. The molecule has 0 bridgehead atoms. The number of hydrogen-bond acceptors (Lipinski definition) is 11. The zero-order chi connectivity index (χ0) is 46.6. The standard InChI is InChI=1S/C51H45Cl2N3O10/c1-62-33-15-10-30(11-16-33)51-38(48(59)56(50(51)61)54-40-20-12-31(52)25-39(40)53)26-37-35(45(51)29-23-42(65-4)46(57)43(24-29)66-5)18-19-36-44(37)49(60)55(47(36)58)32-13-7-27(8-14-32)6-9-28-22-34(63-2)17-21-41(28)64-3/h6-18,20-25,36-38,44-45,54,57H,19,26H2,1-5H3. The van der Waals surface area contributed by atoms with E-state index in [4.69, 9.17) is 46.9 Å². The number of hydrazine groups is 1. The number of phenolic OH excluding ortho intramolecular Hbond substituents is 1. The minimum absolute atomic E-state index is 0.0450. The third-order valence-corrected chi connectivity index (χ3v) is 14.0. The number of allylic oxidation sites excluding steroid dienone is 2. The number of nitrogens with zero attached hydrogens (tertiary/aromatic N) is 2. The molecule has 338 valence electrons. The van der Waals surface area contributed by atoms with Crippen LogP contribution in [-0.4, -0.2) is 69.3 Å². The van der Waals surface area contributed by atoms with Crippen molar-refractivity contribution in [2.24, 2.45) is 23.7 Å². The van der Waals surface area contributed by atoms with Gasteiger partial charge in [-0.15, -0.1) is 0 Å². The molecule has 9 rings (SSSR count). The molecule has 66 heavy (non-hydrogen) atoms. The quantitative estimate of drug-likeness (QED) is 0.0700. The molecule has 13 nitrogen and oxygen atoms in total. The third kappa shape index (κ3) is 7.08. The molecule has 6 atom stereocenters. The van der Waals surface area contributed by atoms with Crippen molar-refractivity contribution in [3.63, 3.8) is 0 Å². The van der Waals surface area contributed by atoms with Crippen molar-refractivity contribution in [2.75, 3.05) is 45.9 Å². The van der Waals surface area contributed by atoms with Crippen molar-refractivity contribution in [2.45, 2.75) is 24.2 Å². The molecule has 4 aliphatic rings. The van der Waals surface area contributed by atoms with Gasteiger partial charge in [0.25, 0.3) is 11.8 Å². The van der Waals surface area contributed by atoms with Crippen LogP contribution in [-0.2, 0) is 24.6 Å². The molecule has 15 heteroatoms. The molecule has 2 aliphatic heterocycles. The van der Waals surface area contributed by atoms with Crippen molar-refractivity contribution in [3.8, 4) is 34.5 Å². The van der Waals surface area contributed by atoms with Gasteiger partial charge in [-0.25, -0.2) is 0 Å². The first-order chi connectivity index (χ1) is 31.9. The van der Waals surface area contributed by atoms with Gasteiger partial charge in [-0.1, -0.05) is 71.3 Å². The summed E-state index contributed by atoms with van der Waals surface area (Å²) < 4.78 is 27.7. The number of methoxy groups -OCH3 is 5. The maximum absolute atomic E-state index is 15.7. The summed E-state index contributed by atoms with van der Waals surface area (Å²) in [6.07, 6.45) is 5.98. The lowest BCUT2D eigenvalue weighted by Crippen LogP contribution is -2.53. The van der Waals surface area contributed by atoms with E-state index in [1.54, 1.807) is 74.9 Å². The van der Waals surface area contributed by atoms with Crippen LogP contribution in [0.4, 0.5) is 11.4 Å². The van der Waals surface area contributed by atoms with Crippen LogP contribution in [0.1, 0.15) is 41.0 Å².